The van der Waals surface area contributed by atoms with Gasteiger partial charge < -0.3 is 20.3 Å². The van der Waals surface area contributed by atoms with E-state index in [1.165, 1.54) is 25.3 Å². The number of para-hydroxylation sites is 2. The van der Waals surface area contributed by atoms with Crippen LogP contribution in [-0.2, 0) is 11.3 Å². The number of aromatic nitrogens is 3. The van der Waals surface area contributed by atoms with Crippen LogP contribution in [0.2, 0.25) is 5.02 Å². The predicted octanol–water partition coefficient (Wildman–Crippen LogP) is 5.37. The highest BCUT2D eigenvalue weighted by atomic mass is 35.5. The third-order valence-corrected chi connectivity index (χ3v) is 5.11. The van der Waals surface area contributed by atoms with Crippen molar-refractivity contribution in [2.45, 2.75) is 19.6 Å². The predicted molar refractivity (Wildman–Crippen MR) is 130 cm³/mol. The van der Waals surface area contributed by atoms with E-state index in [-0.39, 0.29) is 40.7 Å². The Labute approximate surface area is 204 Å². The number of hydrogen-bond donors (Lipinski definition) is 2. The van der Waals surface area contributed by atoms with Crippen LogP contribution in [0.25, 0.3) is 22.2 Å². The minimum atomic E-state index is -1.31. The van der Waals surface area contributed by atoms with Gasteiger partial charge in [0, 0.05) is 29.4 Å². The number of imidazole rings is 1. The minimum absolute atomic E-state index is 0.0593. The summed E-state index contributed by atoms with van der Waals surface area (Å²) in [4.78, 5) is 16.7. The molecule has 1 atom stereocenters. The second kappa shape index (κ2) is 11.6. The molecule has 35 heavy (non-hydrogen) atoms. The van der Waals surface area contributed by atoms with Crippen LogP contribution in [0.5, 0.6) is 5.75 Å². The van der Waals surface area contributed by atoms with E-state index in [1.807, 2.05) is 31.1 Å². The molecule has 0 saturated heterocycles. The molecular formula is C24H23ClF3N5O2. The zero-order chi connectivity index (χ0) is 25.5. The van der Waals surface area contributed by atoms with Gasteiger partial charge in [-0.3, -0.25) is 4.98 Å². The summed E-state index contributed by atoms with van der Waals surface area (Å²) in [6.45, 7) is 3.00. The minimum Gasteiger partial charge on any atom is -0.487 e. The Morgan fingerprint density at radius 3 is 2.60 bits per heavy atom. The molecule has 0 fully saturated rings. The zero-order valence-electron chi connectivity index (χ0n) is 19.0. The summed E-state index contributed by atoms with van der Waals surface area (Å²) in [7, 11) is 1.75. The summed E-state index contributed by atoms with van der Waals surface area (Å²) in [5, 5.41) is 3.17. The van der Waals surface area contributed by atoms with E-state index in [9.17, 15) is 13.2 Å². The first-order chi connectivity index (χ1) is 16.9. The number of carbonyl (C=O) groups excluding carboxylic acids is 1. The van der Waals surface area contributed by atoms with Gasteiger partial charge in [0.1, 0.15) is 25.4 Å². The van der Waals surface area contributed by atoms with E-state index in [0.717, 1.165) is 17.1 Å². The van der Waals surface area contributed by atoms with Gasteiger partial charge in [-0.1, -0.05) is 23.7 Å². The number of anilines is 1. The molecule has 0 aliphatic heterocycles. The molecule has 0 bridgehead atoms. The van der Waals surface area contributed by atoms with Gasteiger partial charge >= 0.3 is 0 Å². The van der Waals surface area contributed by atoms with Crippen molar-refractivity contribution in [2.75, 3.05) is 24.4 Å². The number of benzene rings is 2. The normalized spacial score (nSPS) is 11.5. The highest BCUT2D eigenvalue weighted by Crippen LogP contribution is 2.36. The monoisotopic (exact) mass is 505 g/mol. The fourth-order valence-electron chi connectivity index (χ4n) is 3.40. The summed E-state index contributed by atoms with van der Waals surface area (Å²) in [5.41, 5.74) is 5.24. The fourth-order valence-corrected chi connectivity index (χ4v) is 3.60. The molecule has 0 saturated carbocycles. The van der Waals surface area contributed by atoms with Crippen LogP contribution in [0.15, 0.2) is 48.7 Å². The van der Waals surface area contributed by atoms with Crippen LogP contribution < -0.4 is 15.5 Å². The van der Waals surface area contributed by atoms with Crippen molar-refractivity contribution in [3.8, 4) is 16.9 Å². The maximum absolute atomic E-state index is 14.9. The first-order valence-electron chi connectivity index (χ1n) is 10.5. The molecule has 0 aliphatic rings. The van der Waals surface area contributed by atoms with E-state index in [4.69, 9.17) is 21.1 Å². The maximum atomic E-state index is 14.9. The number of pyridine rings is 1. The molecule has 7 nitrogen and oxygen atoms in total. The topological polar surface area (TPSA) is 81.1 Å². The number of fused-ring (bicyclic) bond motifs is 1. The second-order valence-electron chi connectivity index (χ2n) is 7.35. The van der Waals surface area contributed by atoms with Crippen LogP contribution in [0.1, 0.15) is 12.6 Å². The Kier molecular flexibility index (Phi) is 8.53. The van der Waals surface area contributed by atoms with Crippen molar-refractivity contribution < 1.29 is 22.7 Å². The summed E-state index contributed by atoms with van der Waals surface area (Å²) in [5.74, 6) is -1.09. The Bertz CT molecular complexity index is 1320. The Balaban J connectivity index is 0.00000167. The SMILES string of the molecule is C=O.CNn1c(NCc2ncc(-c3cc(Cl)cc(F)c3OCC(C)F)cc2F)nc2ccccc21. The van der Waals surface area contributed by atoms with Crippen molar-refractivity contribution in [3.63, 3.8) is 0 Å². The van der Waals surface area contributed by atoms with Gasteiger partial charge in [-0.05, 0) is 37.3 Å². The number of ether oxygens (including phenoxy) is 1. The molecule has 11 heteroatoms. The van der Waals surface area contributed by atoms with E-state index < -0.39 is 17.8 Å². The summed E-state index contributed by atoms with van der Waals surface area (Å²) in [6.07, 6.45) is 0.0795. The van der Waals surface area contributed by atoms with Crippen molar-refractivity contribution in [3.05, 3.63) is 71.0 Å². The number of alkyl halides is 1. The summed E-state index contributed by atoms with van der Waals surface area (Å²) in [6, 6.07) is 11.2. The standard InChI is InChI=1S/C23H21ClF3N5O.CH2O/c1-13(25)12-33-22-16(8-15(24)9-18(22)27)14-7-17(26)20(29-10-14)11-30-23-31-19-5-3-4-6-21(19)32(23)28-2;1-2/h3-10,13,28H,11-12H2,1-2H3,(H,30,31);1H2. The van der Waals surface area contributed by atoms with E-state index in [2.05, 4.69) is 20.7 Å². The zero-order valence-corrected chi connectivity index (χ0v) is 19.7. The molecule has 184 valence electrons. The van der Waals surface area contributed by atoms with Gasteiger partial charge in [-0.25, -0.2) is 22.8 Å². The van der Waals surface area contributed by atoms with E-state index in [1.54, 1.807) is 11.7 Å². The number of hydrogen-bond acceptors (Lipinski definition) is 6. The molecule has 1 unspecified atom stereocenters. The first-order valence-corrected chi connectivity index (χ1v) is 10.8. The van der Waals surface area contributed by atoms with Crippen molar-refractivity contribution in [1.82, 2.24) is 14.6 Å². The highest BCUT2D eigenvalue weighted by Gasteiger charge is 2.18. The number of nitrogens with one attached hydrogen (secondary N) is 2. The molecule has 2 aromatic heterocycles. The molecule has 0 spiro atoms. The Hall–Kier alpha value is -3.79. The average Bonchev–Trinajstić information content (AvgIpc) is 3.20. The Morgan fingerprint density at radius 2 is 1.91 bits per heavy atom. The van der Waals surface area contributed by atoms with Crippen LogP contribution in [-0.4, -0.2) is 41.3 Å². The molecule has 2 aromatic carbocycles. The van der Waals surface area contributed by atoms with Gasteiger partial charge in [0.25, 0.3) is 0 Å². The molecule has 4 aromatic rings. The molecule has 0 aliphatic carbocycles. The number of carbonyl (C=O) groups is 1. The molecule has 0 radical (unpaired) electrons. The van der Waals surface area contributed by atoms with E-state index >= 15 is 0 Å². The third kappa shape index (κ3) is 5.83. The quantitative estimate of drug-likeness (QED) is 0.335. The van der Waals surface area contributed by atoms with Crippen molar-refractivity contribution >= 4 is 35.4 Å². The largest absolute Gasteiger partial charge is 0.487 e. The Morgan fingerprint density at radius 1 is 1.17 bits per heavy atom. The summed E-state index contributed by atoms with van der Waals surface area (Å²) >= 11 is 5.98. The lowest BCUT2D eigenvalue weighted by Crippen LogP contribution is -2.15. The molecule has 2 heterocycles. The van der Waals surface area contributed by atoms with Gasteiger partial charge in [0.05, 0.1) is 23.3 Å². The van der Waals surface area contributed by atoms with E-state index in [0.29, 0.717) is 5.95 Å². The van der Waals surface area contributed by atoms with Crippen molar-refractivity contribution in [1.29, 1.82) is 0 Å². The van der Waals surface area contributed by atoms with Gasteiger partial charge in [-0.2, -0.15) is 0 Å². The molecular weight excluding hydrogens is 483 g/mol. The lowest BCUT2D eigenvalue weighted by atomic mass is 10.1. The maximum Gasteiger partial charge on any atom is 0.223 e. The fraction of sp³-hybridized carbons (Fsp3) is 0.208. The third-order valence-electron chi connectivity index (χ3n) is 4.89. The lowest BCUT2D eigenvalue weighted by Gasteiger charge is -2.14. The van der Waals surface area contributed by atoms with Crippen LogP contribution in [0.3, 0.4) is 0 Å². The molecule has 2 N–H and O–H groups in total. The number of nitrogens with zero attached hydrogens (tertiary/aromatic N) is 3. The second-order valence-corrected chi connectivity index (χ2v) is 7.78. The number of halogens is 4. The average molecular weight is 506 g/mol. The van der Waals surface area contributed by atoms with Gasteiger partial charge in [0.15, 0.2) is 11.6 Å². The number of rotatable bonds is 8. The highest BCUT2D eigenvalue weighted by molar-refractivity contribution is 6.31. The molecule has 0 amide bonds. The summed E-state index contributed by atoms with van der Waals surface area (Å²) < 4.78 is 49.6. The van der Waals surface area contributed by atoms with Crippen LogP contribution in [0, 0.1) is 11.6 Å². The van der Waals surface area contributed by atoms with Crippen LogP contribution in [0.4, 0.5) is 19.1 Å². The smallest absolute Gasteiger partial charge is 0.223 e. The van der Waals surface area contributed by atoms with Gasteiger partial charge in [0.2, 0.25) is 5.95 Å². The van der Waals surface area contributed by atoms with Crippen LogP contribution >= 0.6 is 11.6 Å². The lowest BCUT2D eigenvalue weighted by molar-refractivity contribution is -0.0980. The van der Waals surface area contributed by atoms with Crippen molar-refractivity contribution in [2.24, 2.45) is 0 Å². The van der Waals surface area contributed by atoms with Gasteiger partial charge in [-0.15, -0.1) is 0 Å². The molecule has 4 rings (SSSR count). The first kappa shape index (κ1) is 25.8.